The molecule has 1 heteroatoms. The summed E-state index contributed by atoms with van der Waals surface area (Å²) in [6, 6.07) is 0. The predicted octanol–water partition coefficient (Wildman–Crippen LogP) is 2.58. The molecule has 42 valence electrons. The molecule has 0 atom stereocenters. The van der Waals surface area contributed by atoms with Crippen molar-refractivity contribution in [1.82, 2.24) is 0 Å². The van der Waals surface area contributed by atoms with Crippen LogP contribution in [0.4, 0.5) is 0 Å². The summed E-state index contributed by atoms with van der Waals surface area (Å²) in [5.74, 6) is 0. The van der Waals surface area contributed by atoms with E-state index in [9.17, 15) is 0 Å². The van der Waals surface area contributed by atoms with E-state index in [1.54, 1.807) is 0 Å². The summed E-state index contributed by atoms with van der Waals surface area (Å²) in [5, 5.41) is 0. The van der Waals surface area contributed by atoms with Gasteiger partial charge in [-0.3, -0.25) is 0 Å². The van der Waals surface area contributed by atoms with Gasteiger partial charge < -0.3 is 0 Å². The fourth-order valence-corrected chi connectivity index (χ4v) is 0.522. The third-order valence-electron chi connectivity index (χ3n) is 0.563. The Morgan fingerprint density at radius 3 is 1.86 bits per heavy atom. The second-order valence-corrected chi connectivity index (χ2v) is 3.04. The molecule has 7 heavy (non-hydrogen) atoms. The van der Waals surface area contributed by atoms with Crippen LogP contribution in [0, 0.1) is 0 Å². The van der Waals surface area contributed by atoms with Crippen molar-refractivity contribution < 1.29 is 0 Å². The lowest BCUT2D eigenvalue weighted by Crippen LogP contribution is -2.02. The normalized spacial score (nSPS) is 13.1. The number of hydrogen-bond donors (Lipinski definition) is 0. The predicted molar refractivity (Wildman–Crippen MR) is 34.7 cm³/mol. The van der Waals surface area contributed by atoms with Crippen molar-refractivity contribution in [3.63, 3.8) is 0 Å². The van der Waals surface area contributed by atoms with E-state index in [1.807, 2.05) is 32.9 Å². The van der Waals surface area contributed by atoms with E-state index in [0.717, 1.165) is 0 Å². The maximum atomic E-state index is 5.75. The Balaban J connectivity index is 3.56. The Labute approximate surface area is 50.2 Å². The van der Waals surface area contributed by atoms with Gasteiger partial charge in [0.15, 0.2) is 0 Å². The molecule has 0 aromatic rings. The maximum Gasteiger partial charge on any atom is 0.0569 e. The molecular weight excluding hydrogens is 108 g/mol. The van der Waals surface area contributed by atoms with Crippen LogP contribution < -0.4 is 0 Å². The van der Waals surface area contributed by atoms with Gasteiger partial charge in [0.25, 0.3) is 0 Å². The lowest BCUT2D eigenvalue weighted by atomic mass is 10.2. The van der Waals surface area contributed by atoms with E-state index in [0.29, 0.717) is 0 Å². The smallest absolute Gasteiger partial charge is 0.0569 e. The monoisotopic (exact) mass is 118 g/mol. The Bertz CT molecular complexity index is 66.7. The zero-order valence-electron chi connectivity index (χ0n) is 5.03. The molecular formula is C6H11Cl. The molecule has 0 aromatic carbocycles. The summed E-state index contributed by atoms with van der Waals surface area (Å²) >= 11 is 5.75. The summed E-state index contributed by atoms with van der Waals surface area (Å²) in [4.78, 5) is -0.158. The van der Waals surface area contributed by atoms with Crippen LogP contribution in [-0.2, 0) is 0 Å². The van der Waals surface area contributed by atoms with Crippen molar-refractivity contribution in [2.24, 2.45) is 0 Å². The molecule has 0 nitrogen and oxygen atoms in total. The molecule has 0 bridgehead atoms. The third kappa shape index (κ3) is 6.03. The molecule has 0 rings (SSSR count). The van der Waals surface area contributed by atoms with Gasteiger partial charge in [0.05, 0.1) is 4.87 Å². The molecule has 0 aliphatic carbocycles. The van der Waals surface area contributed by atoms with Crippen molar-refractivity contribution in [2.75, 3.05) is 0 Å². The fourth-order valence-electron chi connectivity index (χ4n) is 0.396. The van der Waals surface area contributed by atoms with Crippen molar-refractivity contribution >= 4 is 11.6 Å². The van der Waals surface area contributed by atoms with Crippen LogP contribution in [0.3, 0.4) is 0 Å². The summed E-state index contributed by atoms with van der Waals surface area (Å²) in [6.07, 6.45) is 3.90. The number of halogens is 1. The number of hydrogen-bond acceptors (Lipinski definition) is 0. The topological polar surface area (TPSA) is 0 Å². The summed E-state index contributed by atoms with van der Waals surface area (Å²) in [5.41, 5.74) is 0. The number of allylic oxidation sites excluding steroid dienone is 2. The lowest BCUT2D eigenvalue weighted by molar-refractivity contribution is 0.880. The van der Waals surface area contributed by atoms with Crippen LogP contribution in [0.2, 0.25) is 0 Å². The first-order valence-corrected chi connectivity index (χ1v) is 2.77. The van der Waals surface area contributed by atoms with E-state index in [2.05, 4.69) is 0 Å². The highest BCUT2D eigenvalue weighted by atomic mass is 35.5. The quantitative estimate of drug-likeness (QED) is 0.367. The number of rotatable bonds is 1. The first-order valence-electron chi connectivity index (χ1n) is 2.39. The van der Waals surface area contributed by atoms with Crippen LogP contribution in [-0.4, -0.2) is 4.87 Å². The zero-order chi connectivity index (χ0) is 5.91. The second kappa shape index (κ2) is 2.37. The van der Waals surface area contributed by atoms with Gasteiger partial charge in [0, 0.05) is 0 Å². The Hall–Kier alpha value is 0.0300. The largest absolute Gasteiger partial charge is 0.115 e. The van der Waals surface area contributed by atoms with Gasteiger partial charge in [-0.05, 0) is 20.8 Å². The first-order chi connectivity index (χ1) is 3.06. The SMILES string of the molecule is CC=CC(C)(C)Cl. The van der Waals surface area contributed by atoms with Gasteiger partial charge >= 0.3 is 0 Å². The molecule has 0 aliphatic heterocycles. The molecule has 0 unspecified atom stereocenters. The third-order valence-corrected chi connectivity index (χ3v) is 0.689. The van der Waals surface area contributed by atoms with Gasteiger partial charge in [0.1, 0.15) is 0 Å². The zero-order valence-corrected chi connectivity index (χ0v) is 5.79. The van der Waals surface area contributed by atoms with Gasteiger partial charge in [-0.25, -0.2) is 0 Å². The van der Waals surface area contributed by atoms with Crippen molar-refractivity contribution in [1.29, 1.82) is 0 Å². The molecule has 0 N–H and O–H groups in total. The highest BCUT2D eigenvalue weighted by Gasteiger charge is 2.04. The molecule has 0 spiro atoms. The van der Waals surface area contributed by atoms with Crippen molar-refractivity contribution in [3.8, 4) is 0 Å². The van der Waals surface area contributed by atoms with E-state index < -0.39 is 0 Å². The van der Waals surface area contributed by atoms with E-state index in [1.165, 1.54) is 0 Å². The standard InChI is InChI=1S/C6H11Cl/c1-4-5-6(2,3)7/h4-5H,1-3H3. The molecule has 0 fully saturated rings. The molecule has 0 heterocycles. The van der Waals surface area contributed by atoms with E-state index in [4.69, 9.17) is 11.6 Å². The molecule has 0 saturated carbocycles. The van der Waals surface area contributed by atoms with Gasteiger partial charge in [-0.2, -0.15) is 0 Å². The average Bonchev–Trinajstić information content (AvgIpc) is 1.30. The highest BCUT2D eigenvalue weighted by Crippen LogP contribution is 2.12. The molecule has 0 aliphatic rings. The summed E-state index contributed by atoms with van der Waals surface area (Å²) < 4.78 is 0. The van der Waals surface area contributed by atoms with Crippen LogP contribution in [0.15, 0.2) is 12.2 Å². The Morgan fingerprint density at radius 2 is 1.86 bits per heavy atom. The fraction of sp³-hybridized carbons (Fsp3) is 0.667. The summed E-state index contributed by atoms with van der Waals surface area (Å²) in [6.45, 7) is 5.87. The van der Waals surface area contributed by atoms with Crippen LogP contribution in [0.25, 0.3) is 0 Å². The summed E-state index contributed by atoms with van der Waals surface area (Å²) in [7, 11) is 0. The maximum absolute atomic E-state index is 5.75. The van der Waals surface area contributed by atoms with Crippen LogP contribution in [0.1, 0.15) is 20.8 Å². The van der Waals surface area contributed by atoms with Crippen molar-refractivity contribution in [2.45, 2.75) is 25.6 Å². The molecule has 0 aromatic heterocycles. The average molecular weight is 119 g/mol. The molecule has 0 radical (unpaired) electrons. The van der Waals surface area contributed by atoms with Gasteiger partial charge in [0.2, 0.25) is 0 Å². The second-order valence-electron chi connectivity index (χ2n) is 2.06. The first kappa shape index (κ1) is 7.03. The molecule has 0 amide bonds. The van der Waals surface area contributed by atoms with Crippen LogP contribution in [0.5, 0.6) is 0 Å². The minimum Gasteiger partial charge on any atom is -0.115 e. The van der Waals surface area contributed by atoms with E-state index in [-0.39, 0.29) is 4.87 Å². The lowest BCUT2D eigenvalue weighted by Gasteiger charge is -2.06. The van der Waals surface area contributed by atoms with Crippen LogP contribution >= 0.6 is 11.6 Å². The van der Waals surface area contributed by atoms with Gasteiger partial charge in [-0.1, -0.05) is 12.2 Å². The minimum absolute atomic E-state index is 0.158. The highest BCUT2D eigenvalue weighted by molar-refractivity contribution is 6.24. The number of alkyl halides is 1. The molecule has 0 saturated heterocycles. The van der Waals surface area contributed by atoms with Crippen molar-refractivity contribution in [3.05, 3.63) is 12.2 Å². The van der Waals surface area contributed by atoms with E-state index >= 15 is 0 Å². The minimum atomic E-state index is -0.158. The van der Waals surface area contributed by atoms with Gasteiger partial charge in [-0.15, -0.1) is 11.6 Å². The Morgan fingerprint density at radius 1 is 1.43 bits per heavy atom. The Kier molecular flexibility index (Phi) is 2.38.